The first-order valence-electron chi connectivity index (χ1n) is 13.7. The second-order valence-corrected chi connectivity index (χ2v) is 10.1. The lowest BCUT2D eigenvalue weighted by atomic mass is 10.00. The third-order valence-corrected chi connectivity index (χ3v) is 7.18. The lowest BCUT2D eigenvalue weighted by Gasteiger charge is -2.40. The maximum absolute atomic E-state index is 11.6. The molecule has 2 N–H and O–H groups in total. The van der Waals surface area contributed by atoms with Crippen molar-refractivity contribution in [3.8, 4) is 12.0 Å². The molecule has 212 valence electrons. The predicted molar refractivity (Wildman–Crippen MR) is 150 cm³/mol. The van der Waals surface area contributed by atoms with Crippen molar-refractivity contribution in [2.24, 2.45) is 0 Å². The van der Waals surface area contributed by atoms with Crippen molar-refractivity contribution < 1.29 is 19.0 Å². The summed E-state index contributed by atoms with van der Waals surface area (Å²) >= 11 is 0. The van der Waals surface area contributed by atoms with Gasteiger partial charge in [-0.1, -0.05) is 37.6 Å². The van der Waals surface area contributed by atoms with E-state index in [4.69, 9.17) is 19.9 Å². The molecule has 1 atom stereocenters. The van der Waals surface area contributed by atoms with Crippen LogP contribution in [0.2, 0.25) is 0 Å². The van der Waals surface area contributed by atoms with Gasteiger partial charge in [-0.15, -0.1) is 0 Å². The summed E-state index contributed by atoms with van der Waals surface area (Å²) in [5.74, 6) is 0.0693. The van der Waals surface area contributed by atoms with Gasteiger partial charge in [0.1, 0.15) is 0 Å². The van der Waals surface area contributed by atoms with Crippen LogP contribution < -0.4 is 15.2 Å². The molecule has 4 rings (SSSR count). The number of hydrogen-bond donors (Lipinski definition) is 1. The second-order valence-electron chi connectivity index (χ2n) is 10.1. The van der Waals surface area contributed by atoms with Gasteiger partial charge in [-0.05, 0) is 37.4 Å². The summed E-state index contributed by atoms with van der Waals surface area (Å²) in [4.78, 5) is 29.9. The van der Waals surface area contributed by atoms with Gasteiger partial charge in [-0.2, -0.15) is 15.0 Å². The smallest absolute Gasteiger partial charge is 0.320 e. The number of fused-ring (bicyclic) bond motifs is 1. The van der Waals surface area contributed by atoms with Crippen LogP contribution in [0.5, 0.6) is 12.0 Å². The lowest BCUT2D eigenvalue weighted by Crippen LogP contribution is -2.53. The van der Waals surface area contributed by atoms with Crippen LogP contribution in [0.1, 0.15) is 37.3 Å². The van der Waals surface area contributed by atoms with Crippen molar-refractivity contribution in [1.29, 1.82) is 0 Å². The van der Waals surface area contributed by atoms with E-state index in [9.17, 15) is 4.79 Å². The Kier molecular flexibility index (Phi) is 9.94. The van der Waals surface area contributed by atoms with Crippen molar-refractivity contribution in [3.05, 3.63) is 35.4 Å². The molecule has 11 nitrogen and oxygen atoms in total. The number of nitrogen functional groups attached to an aromatic ring is 1. The van der Waals surface area contributed by atoms with Crippen molar-refractivity contribution in [3.63, 3.8) is 0 Å². The first-order chi connectivity index (χ1) is 18.9. The van der Waals surface area contributed by atoms with Crippen LogP contribution in [0.4, 0.5) is 5.82 Å². The van der Waals surface area contributed by atoms with Gasteiger partial charge < -0.3 is 24.8 Å². The fourth-order valence-electron chi connectivity index (χ4n) is 4.98. The minimum atomic E-state index is -0.223. The van der Waals surface area contributed by atoms with E-state index in [1.807, 2.05) is 16.7 Å². The summed E-state index contributed by atoms with van der Waals surface area (Å²) in [5.41, 5.74) is 9.58. The number of ether oxygens (including phenoxy) is 3. The molecule has 1 unspecified atom stereocenters. The molecular formula is C28H41N7O4. The summed E-state index contributed by atoms with van der Waals surface area (Å²) in [7, 11) is 5.20. The number of esters is 1. The number of aryl methyl sites for hydroxylation is 1. The van der Waals surface area contributed by atoms with Crippen molar-refractivity contribution in [2.75, 3.05) is 59.8 Å². The molecule has 2 aromatic heterocycles. The first kappa shape index (κ1) is 28.6. The highest BCUT2D eigenvalue weighted by Crippen LogP contribution is 2.26. The van der Waals surface area contributed by atoms with Crippen molar-refractivity contribution in [1.82, 2.24) is 29.3 Å². The molecule has 3 aromatic rings. The summed E-state index contributed by atoms with van der Waals surface area (Å²) < 4.78 is 18.0. The van der Waals surface area contributed by atoms with Crippen LogP contribution in [0.3, 0.4) is 0 Å². The fraction of sp³-hybridized carbons (Fsp3) is 0.571. The average Bonchev–Trinajstić information content (AvgIpc) is 3.29. The van der Waals surface area contributed by atoms with Crippen molar-refractivity contribution in [2.45, 2.75) is 51.6 Å². The predicted octanol–water partition coefficient (Wildman–Crippen LogP) is 2.56. The second kappa shape index (κ2) is 13.6. The van der Waals surface area contributed by atoms with Crippen LogP contribution >= 0.6 is 0 Å². The van der Waals surface area contributed by atoms with Crippen molar-refractivity contribution >= 4 is 23.0 Å². The van der Waals surface area contributed by atoms with Gasteiger partial charge in [0.25, 0.3) is 6.01 Å². The zero-order valence-electron chi connectivity index (χ0n) is 23.6. The highest BCUT2D eigenvalue weighted by molar-refractivity contribution is 5.83. The summed E-state index contributed by atoms with van der Waals surface area (Å²) in [6, 6.07) is 9.43. The van der Waals surface area contributed by atoms with Gasteiger partial charge in [-0.3, -0.25) is 14.3 Å². The minimum Gasteiger partial charge on any atom is -0.469 e. The Morgan fingerprint density at radius 3 is 2.54 bits per heavy atom. The maximum Gasteiger partial charge on any atom is 0.320 e. The number of unbranched alkanes of at least 4 members (excludes halogenated alkanes) is 1. The van der Waals surface area contributed by atoms with Gasteiger partial charge in [0.15, 0.2) is 17.0 Å². The summed E-state index contributed by atoms with van der Waals surface area (Å²) in [6.45, 7) is 7.32. The molecule has 0 amide bonds. The van der Waals surface area contributed by atoms with Crippen LogP contribution in [0, 0.1) is 0 Å². The molecule has 1 aliphatic heterocycles. The Morgan fingerprint density at radius 2 is 1.82 bits per heavy atom. The molecular weight excluding hydrogens is 498 g/mol. The Balaban J connectivity index is 1.42. The minimum absolute atomic E-state index is 0.223. The van der Waals surface area contributed by atoms with Crippen LogP contribution in [0.15, 0.2) is 24.3 Å². The van der Waals surface area contributed by atoms with E-state index in [0.717, 1.165) is 57.4 Å². The number of likely N-dealkylation sites (N-methyl/N-ethyl adjacent to an activating group) is 1. The lowest BCUT2D eigenvalue weighted by molar-refractivity contribution is -0.139. The quantitative estimate of drug-likeness (QED) is 0.256. The van der Waals surface area contributed by atoms with E-state index in [1.54, 1.807) is 7.11 Å². The number of carbonyl (C=O) groups is 1. The first-order valence-corrected chi connectivity index (χ1v) is 13.7. The number of anilines is 1. The molecule has 0 bridgehead atoms. The number of piperazine rings is 1. The van der Waals surface area contributed by atoms with Gasteiger partial charge in [0, 0.05) is 38.8 Å². The molecule has 11 heteroatoms. The molecule has 1 aliphatic rings. The Hall–Kier alpha value is -3.44. The number of aromatic nitrogens is 4. The van der Waals surface area contributed by atoms with Gasteiger partial charge in [-0.25, -0.2) is 0 Å². The topological polar surface area (TPSA) is 121 Å². The SMILES string of the molecule is CCCCOc1nc(N)c2nc(OC)n(CCCN3CCN(C)CC3Cc3ccc(CC(=O)OC)cc3)c2n1. The van der Waals surface area contributed by atoms with Crippen LogP contribution in [-0.4, -0.2) is 95.4 Å². The molecule has 1 aromatic carbocycles. The van der Waals surface area contributed by atoms with Gasteiger partial charge in [0.2, 0.25) is 0 Å². The monoisotopic (exact) mass is 539 g/mol. The number of carbonyl (C=O) groups excluding carboxylic acids is 1. The highest BCUT2D eigenvalue weighted by atomic mass is 16.5. The standard InChI is InChI=1S/C28H41N7O4/c1-5-6-16-39-27-31-25(29)24-26(32-27)35(28(30-24)38-4)13-7-12-34-15-14-33(2)19-22(34)17-20-8-10-21(11-9-20)18-23(36)37-3/h8-11,22H,5-7,12-19H2,1-4H3,(H2,29,31,32). The number of nitrogens with two attached hydrogens (primary N) is 1. The average molecular weight is 540 g/mol. The molecule has 0 spiro atoms. The number of imidazole rings is 1. The van der Waals surface area contributed by atoms with E-state index in [2.05, 4.69) is 50.9 Å². The van der Waals surface area contributed by atoms with Gasteiger partial charge >= 0.3 is 12.0 Å². The zero-order chi connectivity index (χ0) is 27.8. The maximum atomic E-state index is 11.6. The number of nitrogens with zero attached hydrogens (tertiary/aromatic N) is 6. The van der Waals surface area contributed by atoms with E-state index < -0.39 is 0 Å². The zero-order valence-corrected chi connectivity index (χ0v) is 23.6. The number of rotatable bonds is 13. The van der Waals surface area contributed by atoms with E-state index in [0.29, 0.717) is 48.6 Å². The summed E-state index contributed by atoms with van der Waals surface area (Å²) in [5, 5.41) is 0. The molecule has 0 aliphatic carbocycles. The van der Waals surface area contributed by atoms with Crippen LogP contribution in [0.25, 0.3) is 11.2 Å². The third kappa shape index (κ3) is 7.36. The largest absolute Gasteiger partial charge is 0.469 e. The van der Waals surface area contributed by atoms with E-state index >= 15 is 0 Å². The van der Waals surface area contributed by atoms with Crippen LogP contribution in [-0.2, 0) is 28.9 Å². The third-order valence-electron chi connectivity index (χ3n) is 7.18. The Bertz CT molecular complexity index is 1230. The fourth-order valence-corrected chi connectivity index (χ4v) is 4.98. The van der Waals surface area contributed by atoms with E-state index in [1.165, 1.54) is 12.7 Å². The molecule has 39 heavy (non-hydrogen) atoms. The number of methoxy groups -OCH3 is 2. The Labute approximate surface area is 230 Å². The molecule has 3 heterocycles. The van der Waals surface area contributed by atoms with Gasteiger partial charge in [0.05, 0.1) is 27.2 Å². The molecule has 1 saturated heterocycles. The molecule has 0 saturated carbocycles. The number of benzene rings is 1. The Morgan fingerprint density at radius 1 is 1.05 bits per heavy atom. The molecule has 1 fully saturated rings. The highest BCUT2D eigenvalue weighted by Gasteiger charge is 2.26. The molecule has 0 radical (unpaired) electrons. The number of hydrogen-bond acceptors (Lipinski definition) is 10. The van der Waals surface area contributed by atoms with E-state index in [-0.39, 0.29) is 12.0 Å². The summed E-state index contributed by atoms with van der Waals surface area (Å²) in [6.07, 6.45) is 4.09. The normalized spacial score (nSPS) is 16.5.